The van der Waals surface area contributed by atoms with Gasteiger partial charge < -0.3 is 4.74 Å². The second-order valence-corrected chi connectivity index (χ2v) is 7.61. The molecular formula is C23H26FN3O. The average Bonchev–Trinajstić information content (AvgIpc) is 3.20. The van der Waals surface area contributed by atoms with E-state index in [-0.39, 0.29) is 5.82 Å². The Morgan fingerprint density at radius 1 is 1.21 bits per heavy atom. The van der Waals surface area contributed by atoms with Gasteiger partial charge in [-0.25, -0.2) is 4.39 Å². The van der Waals surface area contributed by atoms with E-state index in [0.29, 0.717) is 11.7 Å². The fourth-order valence-corrected chi connectivity index (χ4v) is 4.07. The Kier molecular flexibility index (Phi) is 5.44. The molecule has 1 unspecified atom stereocenters. The van der Waals surface area contributed by atoms with E-state index in [1.54, 1.807) is 6.07 Å². The van der Waals surface area contributed by atoms with Crippen LogP contribution in [-0.4, -0.2) is 35.3 Å². The third-order valence-corrected chi connectivity index (χ3v) is 5.57. The van der Waals surface area contributed by atoms with Crippen LogP contribution in [0.2, 0.25) is 0 Å². The standard InChI is InChI=1S/C23H26FN3O/c1-16-5-8-18(9-6-16)20-13-25-26-23(20)19-4-3-11-27(15-19)14-17-7-10-21(24)22(12-17)28-2/h5-10,12-13,19H,3-4,11,14-15H2,1-2H3,(H,25,26). The molecule has 1 aliphatic rings. The summed E-state index contributed by atoms with van der Waals surface area (Å²) in [5, 5.41) is 7.59. The van der Waals surface area contributed by atoms with Crippen molar-refractivity contribution >= 4 is 0 Å². The Balaban J connectivity index is 1.50. The smallest absolute Gasteiger partial charge is 0.165 e. The molecule has 5 heteroatoms. The number of likely N-dealkylation sites (tertiary alicyclic amines) is 1. The second-order valence-electron chi connectivity index (χ2n) is 7.61. The zero-order valence-corrected chi connectivity index (χ0v) is 16.4. The summed E-state index contributed by atoms with van der Waals surface area (Å²) in [5.41, 5.74) is 5.94. The molecule has 3 aromatic rings. The number of aryl methyl sites for hydroxylation is 1. The minimum absolute atomic E-state index is 0.307. The first-order valence-corrected chi connectivity index (χ1v) is 9.79. The molecular weight excluding hydrogens is 353 g/mol. The lowest BCUT2D eigenvalue weighted by atomic mass is 9.90. The fourth-order valence-electron chi connectivity index (χ4n) is 4.07. The van der Waals surface area contributed by atoms with Gasteiger partial charge >= 0.3 is 0 Å². The number of methoxy groups -OCH3 is 1. The van der Waals surface area contributed by atoms with Crippen molar-refractivity contribution in [2.24, 2.45) is 0 Å². The Bertz CT molecular complexity index is 935. The van der Waals surface area contributed by atoms with E-state index in [4.69, 9.17) is 4.74 Å². The highest BCUT2D eigenvalue weighted by Gasteiger charge is 2.25. The molecule has 0 amide bonds. The lowest BCUT2D eigenvalue weighted by Gasteiger charge is -2.32. The van der Waals surface area contributed by atoms with Crippen molar-refractivity contribution in [1.29, 1.82) is 0 Å². The van der Waals surface area contributed by atoms with Crippen molar-refractivity contribution < 1.29 is 9.13 Å². The van der Waals surface area contributed by atoms with Gasteiger partial charge in [-0.1, -0.05) is 35.9 Å². The van der Waals surface area contributed by atoms with E-state index >= 15 is 0 Å². The zero-order chi connectivity index (χ0) is 19.5. The van der Waals surface area contributed by atoms with E-state index < -0.39 is 0 Å². The van der Waals surface area contributed by atoms with Crippen LogP contribution in [0.15, 0.2) is 48.7 Å². The number of hydrogen-bond donors (Lipinski definition) is 1. The second kappa shape index (κ2) is 8.15. The molecule has 2 heterocycles. The van der Waals surface area contributed by atoms with Gasteiger partial charge in [-0.15, -0.1) is 0 Å². The van der Waals surface area contributed by atoms with Crippen molar-refractivity contribution in [1.82, 2.24) is 15.1 Å². The van der Waals surface area contributed by atoms with Crippen LogP contribution in [-0.2, 0) is 6.54 Å². The van der Waals surface area contributed by atoms with Crippen LogP contribution in [0.5, 0.6) is 5.75 Å². The topological polar surface area (TPSA) is 41.1 Å². The number of H-pyrrole nitrogens is 1. The molecule has 146 valence electrons. The number of ether oxygens (including phenoxy) is 1. The summed E-state index contributed by atoms with van der Waals surface area (Å²) in [4.78, 5) is 2.43. The van der Waals surface area contributed by atoms with Gasteiger partial charge in [0.05, 0.1) is 13.3 Å². The number of hydrogen-bond acceptors (Lipinski definition) is 3. The normalized spacial score (nSPS) is 17.6. The van der Waals surface area contributed by atoms with Crippen LogP contribution < -0.4 is 4.74 Å². The van der Waals surface area contributed by atoms with E-state index in [0.717, 1.165) is 38.0 Å². The summed E-state index contributed by atoms with van der Waals surface area (Å²) in [6, 6.07) is 13.7. The predicted molar refractivity (Wildman–Crippen MR) is 109 cm³/mol. The molecule has 0 spiro atoms. The Morgan fingerprint density at radius 3 is 2.82 bits per heavy atom. The summed E-state index contributed by atoms with van der Waals surface area (Å²) in [6.07, 6.45) is 4.21. The number of nitrogens with zero attached hydrogens (tertiary/aromatic N) is 2. The number of piperidine rings is 1. The molecule has 1 aliphatic heterocycles. The van der Waals surface area contributed by atoms with Gasteiger partial charge in [0.2, 0.25) is 0 Å². The van der Waals surface area contributed by atoms with Gasteiger partial charge in [-0.05, 0) is 49.6 Å². The van der Waals surface area contributed by atoms with Gasteiger partial charge in [0.15, 0.2) is 11.6 Å². The van der Waals surface area contributed by atoms with Crippen molar-refractivity contribution in [3.05, 3.63) is 71.3 Å². The van der Waals surface area contributed by atoms with Crippen LogP contribution in [0.3, 0.4) is 0 Å². The third kappa shape index (κ3) is 3.94. The SMILES string of the molecule is COc1cc(CN2CCCC(c3[nH]ncc3-c3ccc(C)cc3)C2)ccc1F. The number of aromatic amines is 1. The molecule has 1 aromatic heterocycles. The van der Waals surface area contributed by atoms with E-state index in [1.807, 2.05) is 12.3 Å². The molecule has 4 nitrogen and oxygen atoms in total. The molecule has 0 radical (unpaired) electrons. The number of benzene rings is 2. The molecule has 1 saturated heterocycles. The van der Waals surface area contributed by atoms with Crippen LogP contribution in [0.4, 0.5) is 4.39 Å². The summed E-state index contributed by atoms with van der Waals surface area (Å²) in [6.45, 7) is 4.90. The quantitative estimate of drug-likeness (QED) is 0.685. The first kappa shape index (κ1) is 18.7. The molecule has 1 atom stereocenters. The van der Waals surface area contributed by atoms with Crippen LogP contribution in [0.1, 0.15) is 35.6 Å². The number of aromatic nitrogens is 2. The minimum atomic E-state index is -0.317. The summed E-state index contributed by atoms with van der Waals surface area (Å²) < 4.78 is 18.8. The fraction of sp³-hybridized carbons (Fsp3) is 0.348. The molecule has 2 aromatic carbocycles. The minimum Gasteiger partial charge on any atom is -0.494 e. The Hall–Kier alpha value is -2.66. The van der Waals surface area contributed by atoms with E-state index in [9.17, 15) is 4.39 Å². The molecule has 4 rings (SSSR count). The Morgan fingerprint density at radius 2 is 2.04 bits per heavy atom. The maximum atomic E-state index is 13.7. The van der Waals surface area contributed by atoms with Gasteiger partial charge in [0, 0.05) is 30.3 Å². The molecule has 0 bridgehead atoms. The van der Waals surface area contributed by atoms with Crippen LogP contribution in [0.25, 0.3) is 11.1 Å². The summed E-state index contributed by atoms with van der Waals surface area (Å²) >= 11 is 0. The summed E-state index contributed by atoms with van der Waals surface area (Å²) in [7, 11) is 1.50. The predicted octanol–water partition coefficient (Wildman–Crippen LogP) is 4.91. The van der Waals surface area contributed by atoms with Gasteiger partial charge in [-0.2, -0.15) is 5.10 Å². The molecule has 1 fully saturated rings. The van der Waals surface area contributed by atoms with E-state index in [1.165, 1.54) is 35.6 Å². The largest absolute Gasteiger partial charge is 0.494 e. The molecule has 28 heavy (non-hydrogen) atoms. The molecule has 0 aliphatic carbocycles. The highest BCUT2D eigenvalue weighted by atomic mass is 19.1. The van der Waals surface area contributed by atoms with Crippen LogP contribution >= 0.6 is 0 Å². The van der Waals surface area contributed by atoms with Crippen molar-refractivity contribution in [2.45, 2.75) is 32.2 Å². The lowest BCUT2D eigenvalue weighted by Crippen LogP contribution is -2.34. The first-order valence-electron chi connectivity index (χ1n) is 9.79. The third-order valence-electron chi connectivity index (χ3n) is 5.57. The van der Waals surface area contributed by atoms with Crippen molar-refractivity contribution in [3.8, 4) is 16.9 Å². The number of nitrogens with one attached hydrogen (secondary N) is 1. The van der Waals surface area contributed by atoms with Crippen LogP contribution in [0, 0.1) is 12.7 Å². The zero-order valence-electron chi connectivity index (χ0n) is 16.4. The maximum Gasteiger partial charge on any atom is 0.165 e. The Labute approximate surface area is 165 Å². The first-order chi connectivity index (χ1) is 13.6. The lowest BCUT2D eigenvalue weighted by molar-refractivity contribution is 0.198. The number of rotatable bonds is 5. The van der Waals surface area contributed by atoms with Crippen molar-refractivity contribution in [2.75, 3.05) is 20.2 Å². The monoisotopic (exact) mass is 379 g/mol. The maximum absolute atomic E-state index is 13.7. The summed E-state index contributed by atoms with van der Waals surface area (Å²) in [5.74, 6) is 0.402. The average molecular weight is 379 g/mol. The highest BCUT2D eigenvalue weighted by Crippen LogP contribution is 2.33. The number of halogens is 1. The van der Waals surface area contributed by atoms with E-state index in [2.05, 4.69) is 46.3 Å². The van der Waals surface area contributed by atoms with Crippen molar-refractivity contribution in [3.63, 3.8) is 0 Å². The molecule has 0 saturated carbocycles. The van der Waals surface area contributed by atoms with Gasteiger partial charge in [0.1, 0.15) is 0 Å². The van der Waals surface area contributed by atoms with Gasteiger partial charge in [0.25, 0.3) is 0 Å². The van der Waals surface area contributed by atoms with Gasteiger partial charge in [-0.3, -0.25) is 10.00 Å². The highest BCUT2D eigenvalue weighted by molar-refractivity contribution is 5.66. The molecule has 1 N–H and O–H groups in total.